The second kappa shape index (κ2) is 10.7. The molecule has 3 aromatic rings. The number of anilines is 2. The molecule has 0 unspecified atom stereocenters. The van der Waals surface area contributed by atoms with Crippen LogP contribution in [0.15, 0.2) is 59.6 Å². The zero-order chi connectivity index (χ0) is 24.1. The molecule has 2 heterocycles. The maximum Gasteiger partial charge on any atom is 0.228 e. The van der Waals surface area contributed by atoms with E-state index in [2.05, 4.69) is 71.5 Å². The largest absolute Gasteiger partial charge is 0.382 e. The number of thioether (sulfide) groups is 1. The fourth-order valence-electron chi connectivity index (χ4n) is 4.66. The number of nitrogens with zero attached hydrogens (tertiary/aromatic N) is 3. The van der Waals surface area contributed by atoms with E-state index < -0.39 is 0 Å². The molecule has 0 spiro atoms. The van der Waals surface area contributed by atoms with Gasteiger partial charge in [0.05, 0.1) is 11.1 Å². The first-order valence-corrected chi connectivity index (χ1v) is 13.4. The summed E-state index contributed by atoms with van der Waals surface area (Å²) in [7, 11) is 0. The molecule has 0 bridgehead atoms. The summed E-state index contributed by atoms with van der Waals surface area (Å²) in [6.45, 7) is 14.8. The molecule has 5 nitrogen and oxygen atoms in total. The molecule has 1 aliphatic carbocycles. The number of aryl methyl sites for hydroxylation is 1. The molecule has 0 amide bonds. The number of fused-ring (bicyclic) bond motifs is 2. The van der Waals surface area contributed by atoms with Crippen molar-refractivity contribution in [2.45, 2.75) is 63.9 Å². The van der Waals surface area contributed by atoms with Crippen LogP contribution in [0.25, 0.3) is 10.9 Å². The van der Waals surface area contributed by atoms with Crippen molar-refractivity contribution in [3.63, 3.8) is 0 Å². The van der Waals surface area contributed by atoms with Crippen LogP contribution in [0.5, 0.6) is 0 Å². The molecular weight excluding hydrogens is 438 g/mol. The van der Waals surface area contributed by atoms with Crippen LogP contribution in [0.4, 0.5) is 11.8 Å². The number of aromatic nitrogens is 2. The molecule has 2 aromatic carbocycles. The number of rotatable bonds is 6. The number of benzene rings is 2. The standard InChI is InChI=1S/C26H31N5S.C2H6/c1-18(2)30-26(11-6-12-26)17-27-24-21-15-19(3)9-10-22(21)28-25(29-24)31-13-14-32-23-8-5-4-7-20(23)16-31;1-2/h4-5,7-10,15,30H,1,6,11-14,16-17H2,2-3H3,(H,27,28,29);1-2H3. The van der Waals surface area contributed by atoms with Crippen LogP contribution >= 0.6 is 11.8 Å². The van der Waals surface area contributed by atoms with Crippen LogP contribution in [-0.2, 0) is 6.54 Å². The summed E-state index contributed by atoms with van der Waals surface area (Å²) in [5, 5.41) is 8.38. The highest BCUT2D eigenvalue weighted by atomic mass is 32.2. The maximum atomic E-state index is 5.07. The van der Waals surface area contributed by atoms with Gasteiger partial charge < -0.3 is 15.5 Å². The number of hydrogen-bond donors (Lipinski definition) is 2. The first kappa shape index (κ1) is 24.4. The van der Waals surface area contributed by atoms with Gasteiger partial charge >= 0.3 is 0 Å². The second-order valence-corrected chi connectivity index (χ2v) is 10.3. The molecule has 5 rings (SSSR count). The zero-order valence-electron chi connectivity index (χ0n) is 20.9. The Hall–Kier alpha value is -2.73. The molecule has 1 aliphatic heterocycles. The second-order valence-electron chi connectivity index (χ2n) is 9.16. The van der Waals surface area contributed by atoms with Gasteiger partial charge in [0.25, 0.3) is 0 Å². The van der Waals surface area contributed by atoms with E-state index in [4.69, 9.17) is 9.97 Å². The fourth-order valence-corrected chi connectivity index (χ4v) is 5.68. The summed E-state index contributed by atoms with van der Waals surface area (Å²) in [6.07, 6.45) is 3.56. The van der Waals surface area contributed by atoms with Gasteiger partial charge in [0.15, 0.2) is 0 Å². The van der Waals surface area contributed by atoms with E-state index in [9.17, 15) is 0 Å². The molecule has 1 aromatic heterocycles. The Kier molecular flexibility index (Phi) is 7.67. The predicted molar refractivity (Wildman–Crippen MR) is 147 cm³/mol. The first-order chi connectivity index (χ1) is 16.5. The Morgan fingerprint density at radius 3 is 2.68 bits per heavy atom. The van der Waals surface area contributed by atoms with Crippen molar-refractivity contribution in [1.82, 2.24) is 15.3 Å². The highest BCUT2D eigenvalue weighted by Gasteiger charge is 2.36. The fraction of sp³-hybridized carbons (Fsp3) is 0.429. The molecule has 0 saturated heterocycles. The lowest BCUT2D eigenvalue weighted by molar-refractivity contribution is 0.218. The van der Waals surface area contributed by atoms with Gasteiger partial charge in [-0.2, -0.15) is 4.98 Å². The van der Waals surface area contributed by atoms with Crippen LogP contribution in [0.2, 0.25) is 0 Å². The molecule has 34 heavy (non-hydrogen) atoms. The van der Waals surface area contributed by atoms with Gasteiger partial charge in [-0.1, -0.05) is 50.3 Å². The quantitative estimate of drug-likeness (QED) is 0.422. The number of allylic oxidation sites excluding steroid dienone is 1. The van der Waals surface area contributed by atoms with Crippen molar-refractivity contribution in [1.29, 1.82) is 0 Å². The molecule has 1 fully saturated rings. The van der Waals surface area contributed by atoms with Crippen LogP contribution in [0, 0.1) is 6.92 Å². The van der Waals surface area contributed by atoms with E-state index in [-0.39, 0.29) is 5.54 Å². The summed E-state index contributed by atoms with van der Waals surface area (Å²) < 4.78 is 0. The van der Waals surface area contributed by atoms with Crippen molar-refractivity contribution in [3.8, 4) is 0 Å². The molecule has 180 valence electrons. The number of hydrogen-bond acceptors (Lipinski definition) is 6. The van der Waals surface area contributed by atoms with Gasteiger partial charge in [0.1, 0.15) is 5.82 Å². The van der Waals surface area contributed by atoms with Crippen molar-refractivity contribution in [3.05, 3.63) is 65.9 Å². The molecule has 6 heteroatoms. The normalized spacial score (nSPS) is 16.4. The van der Waals surface area contributed by atoms with E-state index in [1.54, 1.807) is 0 Å². The Morgan fingerprint density at radius 2 is 1.94 bits per heavy atom. The third-order valence-electron chi connectivity index (χ3n) is 6.46. The third kappa shape index (κ3) is 5.33. The highest BCUT2D eigenvalue weighted by Crippen LogP contribution is 2.34. The summed E-state index contributed by atoms with van der Waals surface area (Å²) in [5.41, 5.74) is 4.65. The monoisotopic (exact) mass is 475 g/mol. The van der Waals surface area contributed by atoms with Crippen molar-refractivity contribution >= 4 is 34.4 Å². The Balaban J connectivity index is 0.00000133. The Morgan fingerprint density at radius 1 is 1.15 bits per heavy atom. The van der Waals surface area contributed by atoms with Gasteiger partial charge in [-0.25, -0.2) is 4.98 Å². The molecule has 0 atom stereocenters. The summed E-state index contributed by atoms with van der Waals surface area (Å²) >= 11 is 1.92. The Bertz CT molecular complexity index is 1150. The van der Waals surface area contributed by atoms with Crippen molar-refractivity contribution in [2.75, 3.05) is 29.1 Å². The van der Waals surface area contributed by atoms with Gasteiger partial charge in [-0.05, 0) is 56.9 Å². The molecular formula is C28H37N5S. The predicted octanol–water partition coefficient (Wildman–Crippen LogP) is 6.53. The topological polar surface area (TPSA) is 53.1 Å². The average molecular weight is 476 g/mol. The van der Waals surface area contributed by atoms with Crippen molar-refractivity contribution < 1.29 is 0 Å². The summed E-state index contributed by atoms with van der Waals surface area (Å²) in [6, 6.07) is 15.1. The third-order valence-corrected chi connectivity index (χ3v) is 7.55. The van der Waals surface area contributed by atoms with Crippen LogP contribution in [0.1, 0.15) is 51.2 Å². The van der Waals surface area contributed by atoms with Crippen molar-refractivity contribution in [2.24, 2.45) is 0 Å². The van der Waals surface area contributed by atoms with Crippen LogP contribution in [0.3, 0.4) is 0 Å². The van der Waals surface area contributed by atoms with Gasteiger partial charge in [-0.3, -0.25) is 0 Å². The van der Waals surface area contributed by atoms with Gasteiger partial charge in [0, 0.05) is 41.4 Å². The summed E-state index contributed by atoms with van der Waals surface area (Å²) in [5.74, 6) is 2.76. The van der Waals surface area contributed by atoms with Gasteiger partial charge in [-0.15, -0.1) is 11.8 Å². The minimum absolute atomic E-state index is 0.0747. The molecule has 2 aliphatic rings. The van der Waals surface area contributed by atoms with E-state index in [1.807, 2.05) is 32.5 Å². The minimum Gasteiger partial charge on any atom is -0.382 e. The smallest absolute Gasteiger partial charge is 0.228 e. The average Bonchev–Trinajstić information content (AvgIpc) is 3.04. The van der Waals surface area contributed by atoms with E-state index in [0.29, 0.717) is 0 Å². The van der Waals surface area contributed by atoms with E-state index in [0.717, 1.165) is 66.6 Å². The zero-order valence-corrected chi connectivity index (χ0v) is 21.8. The molecule has 1 saturated carbocycles. The SMILES string of the molecule is C=C(C)NC1(CNc2nc(N3CCSc4ccccc4C3)nc3ccc(C)cc23)CCC1.CC. The minimum atomic E-state index is 0.0747. The van der Waals surface area contributed by atoms with E-state index >= 15 is 0 Å². The first-order valence-electron chi connectivity index (χ1n) is 12.4. The van der Waals surface area contributed by atoms with E-state index in [1.165, 1.54) is 22.4 Å². The molecule has 2 N–H and O–H groups in total. The van der Waals surface area contributed by atoms with Gasteiger partial charge in [0.2, 0.25) is 5.95 Å². The Labute approximate surface area is 208 Å². The maximum absolute atomic E-state index is 5.07. The molecule has 0 radical (unpaired) electrons. The lowest BCUT2D eigenvalue weighted by Crippen LogP contribution is -2.54. The number of nitrogens with one attached hydrogen (secondary N) is 2. The summed E-state index contributed by atoms with van der Waals surface area (Å²) in [4.78, 5) is 13.7. The van der Waals surface area contributed by atoms with Crippen LogP contribution in [-0.4, -0.2) is 34.3 Å². The van der Waals surface area contributed by atoms with Crippen LogP contribution < -0.4 is 15.5 Å². The lowest BCUT2D eigenvalue weighted by atomic mass is 9.76. The lowest BCUT2D eigenvalue weighted by Gasteiger charge is -2.43. The highest BCUT2D eigenvalue weighted by molar-refractivity contribution is 7.99.